The smallest absolute Gasteiger partial charge is 0.0449 e. The zero-order chi connectivity index (χ0) is 11.4. The Morgan fingerprint density at radius 1 is 1.40 bits per heavy atom. The van der Waals surface area contributed by atoms with Crippen molar-refractivity contribution in [2.45, 2.75) is 31.5 Å². The third-order valence-corrected chi connectivity index (χ3v) is 4.96. The van der Waals surface area contributed by atoms with Crippen LogP contribution < -0.4 is 0 Å². The van der Waals surface area contributed by atoms with Crippen LogP contribution in [0.3, 0.4) is 0 Å². The quantitative estimate of drug-likeness (QED) is 0.630. The molecule has 0 saturated heterocycles. The number of benzene rings is 1. The summed E-state index contributed by atoms with van der Waals surface area (Å²) >= 11 is 13.3. The van der Waals surface area contributed by atoms with Gasteiger partial charge in [-0.1, -0.05) is 63.4 Å². The van der Waals surface area contributed by atoms with E-state index in [1.165, 1.54) is 5.56 Å². The summed E-state index contributed by atoms with van der Waals surface area (Å²) in [6, 6.07) is 6.10. The molecule has 84 valence electrons. The van der Waals surface area contributed by atoms with Crippen molar-refractivity contribution in [3.05, 3.63) is 33.3 Å². The molecule has 0 fully saturated rings. The first-order valence-electron chi connectivity index (χ1n) is 5.12. The second-order valence-corrected chi connectivity index (χ2v) is 6.34. The second-order valence-electron chi connectivity index (χ2n) is 3.84. The van der Waals surface area contributed by atoms with Crippen LogP contribution in [0.15, 0.2) is 22.7 Å². The Labute approximate surface area is 114 Å². The van der Waals surface area contributed by atoms with Crippen LogP contribution in [-0.4, -0.2) is 4.83 Å². The van der Waals surface area contributed by atoms with Crippen molar-refractivity contribution < 1.29 is 0 Å². The first kappa shape index (κ1) is 13.5. The van der Waals surface area contributed by atoms with Gasteiger partial charge in [-0.15, -0.1) is 0 Å². The standard InChI is InChI=1S/C12H15Br2Cl/c1-3-11(14)8(2)6-9-4-5-10(13)7-12(9)15/h4-5,7-8,11H,3,6H2,1-2H3. The Kier molecular flexibility index (Phi) is 5.65. The molecular weight excluding hydrogens is 339 g/mol. The molecule has 0 saturated carbocycles. The summed E-state index contributed by atoms with van der Waals surface area (Å²) in [4.78, 5) is 0.567. The highest BCUT2D eigenvalue weighted by Crippen LogP contribution is 2.27. The molecule has 15 heavy (non-hydrogen) atoms. The average Bonchev–Trinajstić information content (AvgIpc) is 2.20. The summed E-state index contributed by atoms with van der Waals surface area (Å²) in [5.41, 5.74) is 1.23. The molecule has 0 aromatic heterocycles. The van der Waals surface area contributed by atoms with E-state index >= 15 is 0 Å². The van der Waals surface area contributed by atoms with E-state index in [4.69, 9.17) is 11.6 Å². The van der Waals surface area contributed by atoms with Gasteiger partial charge in [-0.2, -0.15) is 0 Å². The summed E-state index contributed by atoms with van der Waals surface area (Å²) in [7, 11) is 0. The van der Waals surface area contributed by atoms with E-state index in [2.05, 4.69) is 51.8 Å². The predicted molar refractivity (Wildman–Crippen MR) is 75.0 cm³/mol. The van der Waals surface area contributed by atoms with Gasteiger partial charge in [0.05, 0.1) is 0 Å². The molecule has 0 heterocycles. The van der Waals surface area contributed by atoms with Gasteiger partial charge >= 0.3 is 0 Å². The maximum atomic E-state index is 6.18. The molecule has 0 aliphatic heterocycles. The van der Waals surface area contributed by atoms with Crippen molar-refractivity contribution in [3.63, 3.8) is 0 Å². The van der Waals surface area contributed by atoms with Crippen molar-refractivity contribution in [2.24, 2.45) is 5.92 Å². The van der Waals surface area contributed by atoms with E-state index in [1.54, 1.807) is 0 Å². The second kappa shape index (κ2) is 6.27. The molecule has 1 aromatic carbocycles. The molecule has 3 heteroatoms. The monoisotopic (exact) mass is 352 g/mol. The topological polar surface area (TPSA) is 0 Å². The van der Waals surface area contributed by atoms with E-state index in [0.717, 1.165) is 22.3 Å². The van der Waals surface area contributed by atoms with Crippen molar-refractivity contribution in [1.82, 2.24) is 0 Å². The van der Waals surface area contributed by atoms with Gasteiger partial charge in [0.15, 0.2) is 0 Å². The SMILES string of the molecule is CCC(Br)C(C)Cc1ccc(Br)cc1Cl. The van der Waals surface area contributed by atoms with Crippen LogP contribution in [0.5, 0.6) is 0 Å². The Bertz CT molecular complexity index is 325. The molecule has 0 bridgehead atoms. The van der Waals surface area contributed by atoms with Crippen LogP contribution in [0.25, 0.3) is 0 Å². The lowest BCUT2D eigenvalue weighted by Gasteiger charge is -2.17. The van der Waals surface area contributed by atoms with Gasteiger partial charge in [-0.3, -0.25) is 0 Å². The van der Waals surface area contributed by atoms with Gasteiger partial charge in [0.1, 0.15) is 0 Å². The predicted octanol–water partition coefficient (Wildman–Crippen LogP) is 5.45. The lowest BCUT2D eigenvalue weighted by molar-refractivity contribution is 0.545. The van der Waals surface area contributed by atoms with Crippen LogP contribution >= 0.6 is 43.5 Å². The Morgan fingerprint density at radius 2 is 2.07 bits per heavy atom. The lowest BCUT2D eigenvalue weighted by atomic mass is 9.97. The first-order valence-corrected chi connectivity index (χ1v) is 7.21. The highest BCUT2D eigenvalue weighted by Gasteiger charge is 2.14. The molecule has 1 aromatic rings. The van der Waals surface area contributed by atoms with Gasteiger partial charge in [0.2, 0.25) is 0 Å². The highest BCUT2D eigenvalue weighted by molar-refractivity contribution is 9.10. The van der Waals surface area contributed by atoms with E-state index < -0.39 is 0 Å². The molecule has 0 aliphatic carbocycles. The Balaban J connectivity index is 2.72. The minimum absolute atomic E-state index is 0.567. The normalized spacial score (nSPS) is 15.0. The lowest BCUT2D eigenvalue weighted by Crippen LogP contribution is -2.12. The molecular formula is C12H15Br2Cl. The average molecular weight is 355 g/mol. The highest BCUT2D eigenvalue weighted by atomic mass is 79.9. The Morgan fingerprint density at radius 3 is 2.60 bits per heavy atom. The third-order valence-electron chi connectivity index (χ3n) is 2.56. The fourth-order valence-electron chi connectivity index (χ4n) is 1.56. The minimum atomic E-state index is 0.567. The van der Waals surface area contributed by atoms with E-state index in [1.807, 2.05) is 12.1 Å². The van der Waals surface area contributed by atoms with E-state index in [-0.39, 0.29) is 0 Å². The maximum absolute atomic E-state index is 6.18. The van der Waals surface area contributed by atoms with Crippen molar-refractivity contribution in [1.29, 1.82) is 0 Å². The number of hydrogen-bond acceptors (Lipinski definition) is 0. The number of hydrogen-bond donors (Lipinski definition) is 0. The summed E-state index contributed by atoms with van der Waals surface area (Å²) in [6.07, 6.45) is 2.17. The molecule has 0 nitrogen and oxygen atoms in total. The molecule has 0 amide bonds. The van der Waals surface area contributed by atoms with Crippen LogP contribution in [0.2, 0.25) is 5.02 Å². The van der Waals surface area contributed by atoms with Gasteiger partial charge in [-0.05, 0) is 36.5 Å². The summed E-state index contributed by atoms with van der Waals surface area (Å²) in [5, 5.41) is 0.854. The Hall–Kier alpha value is 0.470. The van der Waals surface area contributed by atoms with Gasteiger partial charge in [0, 0.05) is 14.3 Å². The maximum Gasteiger partial charge on any atom is 0.0449 e. The van der Waals surface area contributed by atoms with Crippen LogP contribution in [-0.2, 0) is 6.42 Å². The van der Waals surface area contributed by atoms with Crippen molar-refractivity contribution in [2.75, 3.05) is 0 Å². The first-order chi connectivity index (χ1) is 7.04. The fraction of sp³-hybridized carbons (Fsp3) is 0.500. The number of rotatable bonds is 4. The van der Waals surface area contributed by atoms with Crippen molar-refractivity contribution in [3.8, 4) is 0 Å². The van der Waals surface area contributed by atoms with Crippen LogP contribution in [0.1, 0.15) is 25.8 Å². The third kappa shape index (κ3) is 4.08. The molecule has 0 radical (unpaired) electrons. The molecule has 2 unspecified atom stereocenters. The number of alkyl halides is 1. The largest absolute Gasteiger partial charge is 0.0888 e. The molecule has 1 rings (SSSR count). The summed E-state index contributed by atoms with van der Waals surface area (Å²) < 4.78 is 1.04. The van der Waals surface area contributed by atoms with Crippen molar-refractivity contribution >= 4 is 43.5 Å². The zero-order valence-electron chi connectivity index (χ0n) is 8.93. The summed E-state index contributed by atoms with van der Waals surface area (Å²) in [6.45, 7) is 4.44. The fourth-order valence-corrected chi connectivity index (χ4v) is 2.50. The number of halogens is 3. The molecule has 2 atom stereocenters. The van der Waals surface area contributed by atoms with Crippen LogP contribution in [0, 0.1) is 5.92 Å². The van der Waals surface area contributed by atoms with Gasteiger partial charge < -0.3 is 0 Å². The van der Waals surface area contributed by atoms with Crippen LogP contribution in [0.4, 0.5) is 0 Å². The van der Waals surface area contributed by atoms with E-state index in [0.29, 0.717) is 10.7 Å². The zero-order valence-corrected chi connectivity index (χ0v) is 12.9. The molecule has 0 aliphatic rings. The molecule has 0 N–H and O–H groups in total. The van der Waals surface area contributed by atoms with Gasteiger partial charge in [-0.25, -0.2) is 0 Å². The van der Waals surface area contributed by atoms with Gasteiger partial charge in [0.25, 0.3) is 0 Å². The molecule has 0 spiro atoms. The van der Waals surface area contributed by atoms with E-state index in [9.17, 15) is 0 Å². The minimum Gasteiger partial charge on any atom is -0.0888 e. The summed E-state index contributed by atoms with van der Waals surface area (Å²) in [5.74, 6) is 0.605.